The van der Waals surface area contributed by atoms with Crippen molar-refractivity contribution in [3.8, 4) is 0 Å². The summed E-state index contributed by atoms with van der Waals surface area (Å²) in [6.07, 6.45) is 2.72. The number of anilines is 2. The Morgan fingerprint density at radius 2 is 1.91 bits per heavy atom. The summed E-state index contributed by atoms with van der Waals surface area (Å²) in [4.78, 5) is 35.8. The summed E-state index contributed by atoms with van der Waals surface area (Å²) in [7, 11) is 0. The van der Waals surface area contributed by atoms with E-state index in [0.717, 1.165) is 0 Å². The van der Waals surface area contributed by atoms with Crippen molar-refractivity contribution >= 4 is 34.9 Å². The molecule has 0 radical (unpaired) electrons. The highest BCUT2D eigenvalue weighted by Gasteiger charge is 2.41. The first-order valence-electron chi connectivity index (χ1n) is 10.2. The van der Waals surface area contributed by atoms with Crippen molar-refractivity contribution in [2.24, 2.45) is 0 Å². The summed E-state index contributed by atoms with van der Waals surface area (Å²) in [5, 5.41) is 4.13. The van der Waals surface area contributed by atoms with E-state index in [2.05, 4.69) is 15.1 Å². The zero-order valence-corrected chi connectivity index (χ0v) is 17.4. The predicted molar refractivity (Wildman–Crippen MR) is 110 cm³/mol. The maximum absolute atomic E-state index is 15.6. The van der Waals surface area contributed by atoms with E-state index in [1.54, 1.807) is 23.4 Å². The van der Waals surface area contributed by atoms with Crippen molar-refractivity contribution in [1.82, 2.24) is 15.1 Å². The van der Waals surface area contributed by atoms with Crippen LogP contribution in [0, 0.1) is 5.82 Å². The number of halogens is 1. The average molecular weight is 441 g/mol. The molecular formula is C21H20FN5O5. The predicted octanol–water partition coefficient (Wildman–Crippen LogP) is 2.88. The molecule has 5 rings (SSSR count). The second-order valence-corrected chi connectivity index (χ2v) is 7.86. The molecule has 3 aromatic rings. The average Bonchev–Trinajstić information content (AvgIpc) is 3.36. The minimum Gasteiger partial charge on any atom is -0.446 e. The van der Waals surface area contributed by atoms with Gasteiger partial charge in [0, 0.05) is 31.0 Å². The van der Waals surface area contributed by atoms with E-state index in [4.69, 9.17) is 14.0 Å². The highest BCUT2D eigenvalue weighted by molar-refractivity contribution is 6.03. The number of aldehydes is 1. The highest BCUT2D eigenvalue weighted by Crippen LogP contribution is 2.40. The second-order valence-electron chi connectivity index (χ2n) is 7.86. The number of benzene rings is 1. The Kier molecular flexibility index (Phi) is 4.97. The van der Waals surface area contributed by atoms with Crippen LogP contribution in [0.15, 0.2) is 29.0 Å². The van der Waals surface area contributed by atoms with Crippen molar-refractivity contribution in [1.29, 1.82) is 0 Å². The van der Waals surface area contributed by atoms with E-state index in [1.165, 1.54) is 11.0 Å². The molecule has 32 heavy (non-hydrogen) atoms. The number of rotatable bonds is 4. The van der Waals surface area contributed by atoms with Gasteiger partial charge in [0.25, 0.3) is 0 Å². The van der Waals surface area contributed by atoms with Crippen LogP contribution in [0.4, 0.5) is 20.7 Å². The molecule has 0 N–H and O–H groups in total. The van der Waals surface area contributed by atoms with Crippen molar-refractivity contribution in [3.05, 3.63) is 41.7 Å². The standard InChI is InChI=1S/C21H20FN5O5/c1-11-7-26(8-12(2)31-11)17-13(9-28)6-14-18(16(17)22)32-25-20(14)27-15(10-30-21(27)29)19-23-4-3-5-24-19/h3-6,9,11-12,15H,7-8,10H2,1-2H3. The van der Waals surface area contributed by atoms with Crippen LogP contribution in [-0.4, -0.2) is 59.4 Å². The zero-order valence-electron chi connectivity index (χ0n) is 17.4. The third-order valence-electron chi connectivity index (χ3n) is 5.54. The van der Waals surface area contributed by atoms with Crippen LogP contribution in [0.2, 0.25) is 0 Å². The van der Waals surface area contributed by atoms with Crippen LogP contribution in [0.3, 0.4) is 0 Å². The number of ether oxygens (including phenoxy) is 2. The Bertz CT molecular complexity index is 1180. The minimum absolute atomic E-state index is 0.00184. The van der Waals surface area contributed by atoms with Crippen LogP contribution < -0.4 is 9.80 Å². The largest absolute Gasteiger partial charge is 0.446 e. The number of carbonyl (C=O) groups is 2. The lowest BCUT2D eigenvalue weighted by Crippen LogP contribution is -2.46. The number of hydrogen-bond donors (Lipinski definition) is 0. The molecule has 4 heterocycles. The van der Waals surface area contributed by atoms with Gasteiger partial charge in [-0.2, -0.15) is 0 Å². The third kappa shape index (κ3) is 3.25. The first-order valence-corrected chi connectivity index (χ1v) is 10.2. The maximum Gasteiger partial charge on any atom is 0.416 e. The molecule has 11 heteroatoms. The van der Waals surface area contributed by atoms with Crippen molar-refractivity contribution in [2.75, 3.05) is 29.5 Å². The molecule has 0 spiro atoms. The van der Waals surface area contributed by atoms with Crippen LogP contribution in [0.1, 0.15) is 36.1 Å². The van der Waals surface area contributed by atoms with E-state index in [0.29, 0.717) is 25.2 Å². The first kappa shape index (κ1) is 20.3. The van der Waals surface area contributed by atoms with E-state index in [9.17, 15) is 9.59 Å². The van der Waals surface area contributed by atoms with Crippen LogP contribution in [-0.2, 0) is 9.47 Å². The number of nitrogens with zero attached hydrogens (tertiary/aromatic N) is 5. The van der Waals surface area contributed by atoms with Gasteiger partial charge in [0.05, 0.1) is 23.3 Å². The van der Waals surface area contributed by atoms with Gasteiger partial charge in [-0.1, -0.05) is 5.16 Å². The van der Waals surface area contributed by atoms with Gasteiger partial charge < -0.3 is 18.9 Å². The molecular weight excluding hydrogens is 421 g/mol. The summed E-state index contributed by atoms with van der Waals surface area (Å²) in [6, 6.07) is 2.46. The summed E-state index contributed by atoms with van der Waals surface area (Å²) in [6.45, 7) is 4.61. The molecule has 2 aromatic heterocycles. The van der Waals surface area contributed by atoms with Crippen LogP contribution in [0.25, 0.3) is 11.0 Å². The molecule has 3 atom stereocenters. The minimum atomic E-state index is -0.718. The number of carbonyl (C=O) groups excluding carboxylic acids is 2. The molecule has 1 aromatic carbocycles. The molecule has 0 aliphatic carbocycles. The second kappa shape index (κ2) is 7.83. The summed E-state index contributed by atoms with van der Waals surface area (Å²) < 4.78 is 31.9. The fourth-order valence-electron chi connectivity index (χ4n) is 4.31. The third-order valence-corrected chi connectivity index (χ3v) is 5.54. The lowest BCUT2D eigenvalue weighted by Gasteiger charge is -2.37. The highest BCUT2D eigenvalue weighted by atomic mass is 19.1. The number of aromatic nitrogens is 3. The molecule has 0 bridgehead atoms. The number of morpholine rings is 1. The number of amides is 1. The zero-order chi connectivity index (χ0) is 22.4. The molecule has 0 saturated carbocycles. The molecule has 2 aliphatic rings. The Morgan fingerprint density at radius 3 is 2.59 bits per heavy atom. The topological polar surface area (TPSA) is 111 Å². The lowest BCUT2D eigenvalue weighted by molar-refractivity contribution is -0.00543. The fraction of sp³-hybridized carbons (Fsp3) is 0.381. The Morgan fingerprint density at radius 1 is 1.19 bits per heavy atom. The molecule has 1 amide bonds. The maximum atomic E-state index is 15.6. The SMILES string of the molecule is CC1CN(c2c(C=O)cc3c(N4C(=O)OCC4c4ncccn4)noc3c2F)CC(C)O1. The first-order chi connectivity index (χ1) is 15.5. The normalized spacial score (nSPS) is 23.6. The van der Waals surface area contributed by atoms with Gasteiger partial charge in [0.1, 0.15) is 12.6 Å². The van der Waals surface area contributed by atoms with Crippen LogP contribution in [0.5, 0.6) is 0 Å². The monoisotopic (exact) mass is 441 g/mol. The number of cyclic esters (lactones) is 1. The number of fused-ring (bicyclic) bond motifs is 1. The van der Waals surface area contributed by atoms with Gasteiger partial charge in [0.2, 0.25) is 5.58 Å². The number of hydrogen-bond acceptors (Lipinski definition) is 9. The van der Waals surface area contributed by atoms with Crippen LogP contribution >= 0.6 is 0 Å². The molecule has 2 saturated heterocycles. The van der Waals surface area contributed by atoms with E-state index in [1.807, 2.05) is 13.8 Å². The molecule has 166 valence electrons. The Balaban J connectivity index is 1.62. The lowest BCUT2D eigenvalue weighted by atomic mass is 10.1. The van der Waals surface area contributed by atoms with Gasteiger partial charge in [-0.25, -0.2) is 24.1 Å². The smallest absolute Gasteiger partial charge is 0.416 e. The van der Waals surface area contributed by atoms with Crippen molar-refractivity contribution in [2.45, 2.75) is 32.1 Å². The molecule has 3 unspecified atom stereocenters. The van der Waals surface area contributed by atoms with Crippen molar-refractivity contribution < 1.29 is 28.0 Å². The van der Waals surface area contributed by atoms with Crippen molar-refractivity contribution in [3.63, 3.8) is 0 Å². The Hall–Kier alpha value is -3.60. The Labute approximate surface area is 181 Å². The van der Waals surface area contributed by atoms with E-state index < -0.39 is 18.0 Å². The molecule has 10 nitrogen and oxygen atoms in total. The summed E-state index contributed by atoms with van der Waals surface area (Å²) in [5.41, 5.74) is 0.102. The summed E-state index contributed by atoms with van der Waals surface area (Å²) >= 11 is 0. The fourth-order valence-corrected chi connectivity index (χ4v) is 4.31. The van der Waals surface area contributed by atoms with Gasteiger partial charge in [-0.3, -0.25) is 4.79 Å². The summed E-state index contributed by atoms with van der Waals surface area (Å²) in [5.74, 6) is -0.333. The van der Waals surface area contributed by atoms with E-state index >= 15 is 4.39 Å². The molecule has 2 aliphatic heterocycles. The quantitative estimate of drug-likeness (QED) is 0.564. The van der Waals surface area contributed by atoms with Gasteiger partial charge in [0.15, 0.2) is 23.7 Å². The van der Waals surface area contributed by atoms with E-state index in [-0.39, 0.29) is 46.9 Å². The van der Waals surface area contributed by atoms with Gasteiger partial charge in [-0.05, 0) is 26.0 Å². The van der Waals surface area contributed by atoms with Gasteiger partial charge >= 0.3 is 6.09 Å². The molecule has 2 fully saturated rings. The van der Waals surface area contributed by atoms with Gasteiger partial charge in [-0.15, -0.1) is 0 Å².